The first-order chi connectivity index (χ1) is 25.6. The van der Waals surface area contributed by atoms with Gasteiger partial charge >= 0.3 is 0 Å². The van der Waals surface area contributed by atoms with Gasteiger partial charge in [0.1, 0.15) is 16.9 Å². The van der Waals surface area contributed by atoms with E-state index in [1.54, 1.807) is 0 Å². The molecule has 54 heavy (non-hydrogen) atoms. The Bertz CT molecular complexity index is 2910. The third-order valence-corrected chi connectivity index (χ3v) is 12.2. The first-order valence-corrected chi connectivity index (χ1v) is 18.9. The topological polar surface area (TPSA) is 67.7 Å². The van der Waals surface area contributed by atoms with Crippen molar-refractivity contribution in [1.29, 1.82) is 0 Å². The quantitative estimate of drug-likeness (QED) is 0.0569. The Morgan fingerprint density at radius 3 is 2.13 bits per heavy atom. The van der Waals surface area contributed by atoms with Crippen LogP contribution in [0.1, 0.15) is 67.2 Å². The summed E-state index contributed by atoms with van der Waals surface area (Å²) in [4.78, 5) is 17.4. The van der Waals surface area contributed by atoms with Gasteiger partial charge in [0, 0.05) is 53.3 Å². The fourth-order valence-electron chi connectivity index (χ4n) is 7.70. The van der Waals surface area contributed by atoms with E-state index in [9.17, 15) is 9.90 Å². The fourth-order valence-corrected chi connectivity index (χ4v) is 7.70. The van der Waals surface area contributed by atoms with E-state index in [-0.39, 0.29) is 42.5 Å². The monoisotopic (exact) mass is 890 g/mol. The van der Waals surface area contributed by atoms with Crippen molar-refractivity contribution in [2.75, 3.05) is 0 Å². The summed E-state index contributed by atoms with van der Waals surface area (Å²) >= 11 is 0. The van der Waals surface area contributed by atoms with E-state index >= 15 is 0 Å². The minimum atomic E-state index is -0.337. The molecule has 0 amide bonds. The maximum atomic E-state index is 12.2. The van der Waals surface area contributed by atoms with Crippen LogP contribution in [0.2, 0.25) is 0 Å². The molecular formula is C48H45IrN2O3-. The largest absolute Gasteiger partial charge is 0.512 e. The number of aliphatic hydroxyl groups is 1. The van der Waals surface area contributed by atoms with Crippen LogP contribution >= 0.6 is 0 Å². The molecule has 0 atom stereocenters. The van der Waals surface area contributed by atoms with Crippen molar-refractivity contribution in [1.82, 2.24) is 9.38 Å². The minimum absolute atomic E-state index is 0. The second-order valence-electron chi connectivity index (χ2n) is 14.9. The molecule has 0 spiro atoms. The van der Waals surface area contributed by atoms with Crippen LogP contribution in [0, 0.1) is 16.9 Å². The van der Waals surface area contributed by atoms with Crippen LogP contribution in [0.25, 0.3) is 81.8 Å². The van der Waals surface area contributed by atoms with Gasteiger partial charge in [-0.05, 0) is 66.1 Å². The Hall–Kier alpha value is -5.03. The number of allylic oxidation sites excluding steroid dienone is 2. The van der Waals surface area contributed by atoms with E-state index < -0.39 is 0 Å². The van der Waals surface area contributed by atoms with Crippen molar-refractivity contribution in [2.45, 2.75) is 67.2 Å². The standard InChI is InChI=1S/C33H17N2O.C15H28O2.Ir/c1-2-9-21-18-26-25(17-20(21)8-1)30-22-10-4-3-7-19(22)13-16-28(30)35-31-27(34-33(26)35)15-14-24-23-11-5-6-12-29(23)36-32(24)31;1-7-14(5,8-2)12(16)11-13(17)15(6,9-3)10-4;/h1-17H;11,16H,7-10H2,1-6H3;/q-1;;/b;12-11-;. The van der Waals surface area contributed by atoms with Crippen LogP contribution in [-0.4, -0.2) is 20.3 Å². The van der Waals surface area contributed by atoms with Gasteiger partial charge in [0.05, 0.1) is 11.2 Å². The molecule has 3 aromatic heterocycles. The predicted octanol–water partition coefficient (Wildman–Crippen LogP) is 13.4. The number of imidazole rings is 1. The number of hydrogen-bond donors (Lipinski definition) is 1. The molecule has 9 rings (SSSR count). The molecule has 0 fully saturated rings. The molecule has 6 aromatic carbocycles. The molecule has 6 heteroatoms. The molecule has 0 aliphatic carbocycles. The van der Waals surface area contributed by atoms with Gasteiger partial charge in [0.2, 0.25) is 0 Å². The van der Waals surface area contributed by atoms with Crippen molar-refractivity contribution in [3.8, 4) is 0 Å². The molecule has 1 radical (unpaired) electrons. The third-order valence-electron chi connectivity index (χ3n) is 12.2. The van der Waals surface area contributed by atoms with Crippen LogP contribution < -0.4 is 0 Å². The van der Waals surface area contributed by atoms with E-state index in [1.807, 2.05) is 53.7 Å². The van der Waals surface area contributed by atoms with Gasteiger partial charge in [-0.25, -0.2) is 0 Å². The molecule has 0 bridgehead atoms. The van der Waals surface area contributed by atoms with Gasteiger partial charge in [-0.1, -0.05) is 124 Å². The van der Waals surface area contributed by atoms with Crippen LogP contribution in [-0.2, 0) is 24.9 Å². The number of nitrogens with zero attached hydrogens (tertiary/aromatic N) is 2. The van der Waals surface area contributed by atoms with Crippen molar-refractivity contribution in [3.63, 3.8) is 0 Å². The van der Waals surface area contributed by atoms with E-state index in [2.05, 4.69) is 101 Å². The van der Waals surface area contributed by atoms with Gasteiger partial charge in [-0.15, -0.1) is 23.6 Å². The molecule has 0 saturated heterocycles. The zero-order valence-corrected chi connectivity index (χ0v) is 34.1. The Kier molecular flexibility index (Phi) is 9.89. The molecule has 0 saturated carbocycles. The third kappa shape index (κ3) is 5.88. The number of para-hydroxylation sites is 1. The maximum Gasteiger partial charge on any atom is 0.164 e. The fraction of sp³-hybridized carbons (Fsp3) is 0.250. The number of rotatable bonds is 7. The summed E-state index contributed by atoms with van der Waals surface area (Å²) in [5.74, 6) is 0.286. The molecular weight excluding hydrogens is 845 g/mol. The van der Waals surface area contributed by atoms with Gasteiger partial charge in [-0.2, -0.15) is 0 Å². The summed E-state index contributed by atoms with van der Waals surface area (Å²) in [7, 11) is 0. The Balaban J connectivity index is 0.000000216. The van der Waals surface area contributed by atoms with Crippen molar-refractivity contribution < 1.29 is 34.4 Å². The molecule has 3 heterocycles. The number of aromatic nitrogens is 2. The molecule has 0 aliphatic heterocycles. The summed E-state index contributed by atoms with van der Waals surface area (Å²) in [5, 5.41) is 20.5. The van der Waals surface area contributed by atoms with Crippen LogP contribution in [0.4, 0.5) is 0 Å². The van der Waals surface area contributed by atoms with Crippen molar-refractivity contribution in [2.24, 2.45) is 10.8 Å². The summed E-state index contributed by atoms with van der Waals surface area (Å²) in [6.45, 7) is 12.1. The van der Waals surface area contributed by atoms with Crippen molar-refractivity contribution in [3.05, 3.63) is 121 Å². The summed E-state index contributed by atoms with van der Waals surface area (Å²) in [6, 6.07) is 40.0. The maximum absolute atomic E-state index is 12.2. The van der Waals surface area contributed by atoms with E-state index in [0.717, 1.165) is 80.6 Å². The van der Waals surface area contributed by atoms with E-state index in [4.69, 9.17) is 9.40 Å². The van der Waals surface area contributed by atoms with Gasteiger partial charge in [-0.3, -0.25) is 9.78 Å². The van der Waals surface area contributed by atoms with Crippen molar-refractivity contribution >= 4 is 87.6 Å². The van der Waals surface area contributed by atoms with Gasteiger partial charge < -0.3 is 13.9 Å². The number of ketones is 1. The van der Waals surface area contributed by atoms with Crippen LogP contribution in [0.15, 0.2) is 119 Å². The predicted molar refractivity (Wildman–Crippen MR) is 222 cm³/mol. The van der Waals surface area contributed by atoms with Crippen LogP contribution in [0.3, 0.4) is 0 Å². The number of carbonyl (C=O) groups is 1. The second-order valence-corrected chi connectivity index (χ2v) is 14.9. The zero-order chi connectivity index (χ0) is 37.1. The Labute approximate surface area is 329 Å². The number of furan rings is 1. The second kappa shape index (κ2) is 14.3. The molecule has 275 valence electrons. The molecule has 5 nitrogen and oxygen atoms in total. The molecule has 0 unspecified atom stereocenters. The number of benzene rings is 6. The number of pyridine rings is 1. The molecule has 9 aromatic rings. The summed E-state index contributed by atoms with van der Waals surface area (Å²) < 4.78 is 8.77. The van der Waals surface area contributed by atoms with E-state index in [0.29, 0.717) is 0 Å². The normalized spacial score (nSPS) is 12.7. The first kappa shape index (κ1) is 37.3. The number of fused-ring (bicyclic) bond motifs is 15. The number of hydrogen-bond acceptors (Lipinski definition) is 4. The smallest absolute Gasteiger partial charge is 0.164 e. The average molecular weight is 890 g/mol. The van der Waals surface area contributed by atoms with Crippen LogP contribution in [0.5, 0.6) is 0 Å². The SMILES string of the molecule is CCC(C)(CC)C(=O)/C=C(\O)C(C)(CC)CC.[Ir].[c-]1c2ccccc2cc2c1c1nc3ccc4c5ccccc5oc4c3n1c1ccc3ccccc3c21. The summed E-state index contributed by atoms with van der Waals surface area (Å²) in [5.41, 5.74) is 5.11. The first-order valence-electron chi connectivity index (χ1n) is 18.9. The van der Waals surface area contributed by atoms with E-state index in [1.165, 1.54) is 33.0 Å². The summed E-state index contributed by atoms with van der Waals surface area (Å²) in [6.07, 6.45) is 4.75. The average Bonchev–Trinajstić information content (AvgIpc) is 3.79. The Morgan fingerprint density at radius 2 is 1.41 bits per heavy atom. The van der Waals surface area contributed by atoms with Gasteiger partial charge in [0.25, 0.3) is 0 Å². The molecule has 0 aliphatic rings. The molecule has 1 N–H and O–H groups in total. The zero-order valence-electron chi connectivity index (χ0n) is 31.7. The number of aliphatic hydroxyl groups excluding tert-OH is 1. The Morgan fingerprint density at radius 1 is 0.759 bits per heavy atom. The van der Waals surface area contributed by atoms with Gasteiger partial charge in [0.15, 0.2) is 11.4 Å². The minimum Gasteiger partial charge on any atom is -0.512 e. The number of carbonyl (C=O) groups excluding carboxylic acids is 1.